The standard InChI is InChI=1S/C23H26O11/c24-11-18-20(30)22(34-19(29)6-3-12-1-4-14(25)16(27)9-12)21(31)23(33-18)32-8-7-13-2-5-15(26)17(28)10-13/h1-6,9-10,18,20-28,30-31H,7-8,11H2/t18-,20-,21-,22+,23-/m1/s1. The van der Waals surface area contributed by atoms with Crippen molar-refractivity contribution in [2.75, 3.05) is 13.2 Å². The molecular formula is C23H26O11. The zero-order chi connectivity index (χ0) is 24.8. The first-order valence-electron chi connectivity index (χ1n) is 10.3. The summed E-state index contributed by atoms with van der Waals surface area (Å²) in [5, 5.41) is 68.2. The first-order chi connectivity index (χ1) is 16.2. The molecule has 0 spiro atoms. The number of carbonyl (C=O) groups excluding carboxylic acids is 1. The predicted octanol–water partition coefficient (Wildman–Crippen LogP) is 0.132. The van der Waals surface area contributed by atoms with E-state index in [2.05, 4.69) is 0 Å². The highest BCUT2D eigenvalue weighted by atomic mass is 16.7. The largest absolute Gasteiger partial charge is 0.504 e. The minimum atomic E-state index is -1.58. The van der Waals surface area contributed by atoms with E-state index in [1.165, 1.54) is 36.4 Å². The molecule has 0 aromatic heterocycles. The average molecular weight is 478 g/mol. The molecule has 0 saturated carbocycles. The van der Waals surface area contributed by atoms with Gasteiger partial charge in [-0.2, -0.15) is 0 Å². The molecule has 2 aromatic carbocycles. The minimum Gasteiger partial charge on any atom is -0.504 e. The topological polar surface area (TPSA) is 186 Å². The van der Waals surface area contributed by atoms with Crippen LogP contribution < -0.4 is 0 Å². The number of benzene rings is 2. The maximum Gasteiger partial charge on any atom is 0.331 e. The van der Waals surface area contributed by atoms with Crippen molar-refractivity contribution in [3.8, 4) is 23.0 Å². The van der Waals surface area contributed by atoms with Gasteiger partial charge >= 0.3 is 5.97 Å². The summed E-state index contributed by atoms with van der Waals surface area (Å²) < 4.78 is 16.1. The number of ether oxygens (including phenoxy) is 3. The third-order valence-corrected chi connectivity index (χ3v) is 5.20. The Bertz CT molecular complexity index is 1020. The van der Waals surface area contributed by atoms with Gasteiger partial charge in [-0.15, -0.1) is 0 Å². The van der Waals surface area contributed by atoms with Crippen molar-refractivity contribution in [3.63, 3.8) is 0 Å². The van der Waals surface area contributed by atoms with E-state index >= 15 is 0 Å². The van der Waals surface area contributed by atoms with Gasteiger partial charge in [-0.05, 0) is 47.9 Å². The predicted molar refractivity (Wildman–Crippen MR) is 116 cm³/mol. The number of aromatic hydroxyl groups is 4. The Morgan fingerprint density at radius 1 is 0.941 bits per heavy atom. The molecule has 1 aliphatic heterocycles. The second-order valence-corrected chi connectivity index (χ2v) is 7.63. The molecule has 1 saturated heterocycles. The van der Waals surface area contributed by atoms with E-state index < -0.39 is 43.3 Å². The van der Waals surface area contributed by atoms with Gasteiger partial charge < -0.3 is 50.0 Å². The number of rotatable bonds is 8. The fourth-order valence-corrected chi connectivity index (χ4v) is 3.33. The molecule has 7 N–H and O–H groups in total. The molecule has 11 heteroatoms. The molecule has 0 bridgehead atoms. The molecular weight excluding hydrogens is 452 g/mol. The van der Waals surface area contributed by atoms with Crippen LogP contribution in [0.5, 0.6) is 23.0 Å². The van der Waals surface area contributed by atoms with Crippen LogP contribution in [0.25, 0.3) is 6.08 Å². The van der Waals surface area contributed by atoms with Gasteiger partial charge in [-0.3, -0.25) is 0 Å². The average Bonchev–Trinajstić information content (AvgIpc) is 2.81. The van der Waals surface area contributed by atoms with Crippen LogP contribution in [-0.4, -0.2) is 85.6 Å². The quantitative estimate of drug-likeness (QED) is 0.155. The van der Waals surface area contributed by atoms with Gasteiger partial charge in [-0.25, -0.2) is 4.79 Å². The lowest BCUT2D eigenvalue weighted by molar-refractivity contribution is -0.302. The van der Waals surface area contributed by atoms with Crippen molar-refractivity contribution in [3.05, 3.63) is 53.6 Å². The number of aliphatic hydroxyl groups is 3. The summed E-state index contributed by atoms with van der Waals surface area (Å²) in [4.78, 5) is 12.3. The Labute approximate surface area is 194 Å². The Morgan fingerprint density at radius 2 is 1.62 bits per heavy atom. The summed E-state index contributed by atoms with van der Waals surface area (Å²) in [5.41, 5.74) is 1.02. The normalized spacial score (nSPS) is 24.9. The summed E-state index contributed by atoms with van der Waals surface area (Å²) >= 11 is 0. The van der Waals surface area contributed by atoms with E-state index in [1.54, 1.807) is 6.07 Å². The third kappa shape index (κ3) is 6.16. The van der Waals surface area contributed by atoms with Gasteiger partial charge in [0, 0.05) is 6.08 Å². The van der Waals surface area contributed by atoms with E-state index in [-0.39, 0.29) is 36.0 Å². The van der Waals surface area contributed by atoms with Crippen molar-refractivity contribution in [2.45, 2.75) is 37.1 Å². The lowest BCUT2D eigenvalue weighted by Gasteiger charge is -2.41. The fourth-order valence-electron chi connectivity index (χ4n) is 3.33. The zero-order valence-electron chi connectivity index (χ0n) is 17.9. The smallest absolute Gasteiger partial charge is 0.331 e. The monoisotopic (exact) mass is 478 g/mol. The third-order valence-electron chi connectivity index (χ3n) is 5.20. The molecule has 0 aliphatic carbocycles. The van der Waals surface area contributed by atoms with E-state index in [9.17, 15) is 40.5 Å². The van der Waals surface area contributed by atoms with Crippen LogP contribution in [0, 0.1) is 0 Å². The van der Waals surface area contributed by atoms with Crippen LogP contribution in [0.15, 0.2) is 42.5 Å². The Morgan fingerprint density at radius 3 is 2.26 bits per heavy atom. The SMILES string of the molecule is O=C(C=Cc1ccc(O)c(O)c1)O[C@@H]1[C@@H](O)[C@H](OCCc2ccc(O)c(O)c2)O[C@H](CO)[C@H]1O. The van der Waals surface area contributed by atoms with Crippen LogP contribution in [0.4, 0.5) is 0 Å². The van der Waals surface area contributed by atoms with Gasteiger partial charge in [-0.1, -0.05) is 12.1 Å². The lowest BCUT2D eigenvalue weighted by atomic mass is 9.99. The number of hydrogen-bond donors (Lipinski definition) is 7. The zero-order valence-corrected chi connectivity index (χ0v) is 17.9. The lowest BCUT2D eigenvalue weighted by Crippen LogP contribution is -2.60. The van der Waals surface area contributed by atoms with Crippen molar-refractivity contribution in [1.29, 1.82) is 0 Å². The second kappa shape index (κ2) is 11.2. The van der Waals surface area contributed by atoms with Crippen LogP contribution in [0.3, 0.4) is 0 Å². The summed E-state index contributed by atoms with van der Waals surface area (Å²) in [7, 11) is 0. The number of phenols is 4. The summed E-state index contributed by atoms with van der Waals surface area (Å²) in [6.07, 6.45) is -4.54. The molecule has 0 radical (unpaired) electrons. The van der Waals surface area contributed by atoms with Crippen LogP contribution in [0.2, 0.25) is 0 Å². The molecule has 0 unspecified atom stereocenters. The highest BCUT2D eigenvalue weighted by Crippen LogP contribution is 2.28. The maximum absolute atomic E-state index is 12.3. The van der Waals surface area contributed by atoms with E-state index in [1.807, 2.05) is 0 Å². The molecule has 34 heavy (non-hydrogen) atoms. The van der Waals surface area contributed by atoms with Crippen LogP contribution in [0.1, 0.15) is 11.1 Å². The summed E-state index contributed by atoms with van der Waals surface area (Å²) in [5.74, 6) is -2.18. The fraction of sp³-hybridized carbons (Fsp3) is 0.348. The first-order valence-corrected chi connectivity index (χ1v) is 10.3. The van der Waals surface area contributed by atoms with Crippen molar-refractivity contribution in [2.24, 2.45) is 0 Å². The molecule has 1 fully saturated rings. The number of hydrogen-bond acceptors (Lipinski definition) is 11. The Hall–Kier alpha value is -3.35. The van der Waals surface area contributed by atoms with Crippen molar-refractivity contribution >= 4 is 12.0 Å². The molecule has 5 atom stereocenters. The first kappa shape index (κ1) is 25.3. The van der Waals surface area contributed by atoms with Gasteiger partial charge in [0.25, 0.3) is 0 Å². The molecule has 11 nitrogen and oxygen atoms in total. The Kier molecular flexibility index (Phi) is 8.31. The molecule has 1 aliphatic rings. The number of phenolic OH excluding ortho intramolecular Hbond substituents is 4. The van der Waals surface area contributed by atoms with Crippen LogP contribution in [-0.2, 0) is 25.4 Å². The molecule has 184 valence electrons. The van der Waals surface area contributed by atoms with Gasteiger partial charge in [0.05, 0.1) is 13.2 Å². The van der Waals surface area contributed by atoms with Gasteiger partial charge in [0.15, 0.2) is 35.4 Å². The van der Waals surface area contributed by atoms with E-state index in [0.717, 1.165) is 6.08 Å². The highest BCUT2D eigenvalue weighted by molar-refractivity contribution is 5.87. The van der Waals surface area contributed by atoms with Gasteiger partial charge in [0.2, 0.25) is 0 Å². The number of esters is 1. The molecule has 3 rings (SSSR count). The number of aliphatic hydroxyl groups excluding tert-OH is 3. The molecule has 0 amide bonds. The van der Waals surface area contributed by atoms with Gasteiger partial charge in [0.1, 0.15) is 18.3 Å². The van der Waals surface area contributed by atoms with Crippen molar-refractivity contribution in [1.82, 2.24) is 0 Å². The Balaban J connectivity index is 1.62. The molecule has 2 aromatic rings. The minimum absolute atomic E-state index is 0.00506. The number of carbonyl (C=O) groups is 1. The second-order valence-electron chi connectivity index (χ2n) is 7.63. The molecule has 1 heterocycles. The maximum atomic E-state index is 12.3. The van der Waals surface area contributed by atoms with Crippen LogP contribution >= 0.6 is 0 Å². The highest BCUT2D eigenvalue weighted by Gasteiger charge is 2.47. The summed E-state index contributed by atoms with van der Waals surface area (Å²) in [6, 6.07) is 8.13. The van der Waals surface area contributed by atoms with E-state index in [4.69, 9.17) is 14.2 Å². The summed E-state index contributed by atoms with van der Waals surface area (Å²) in [6.45, 7) is -0.624. The van der Waals surface area contributed by atoms with E-state index in [0.29, 0.717) is 11.1 Å². The van der Waals surface area contributed by atoms with Crippen molar-refractivity contribution < 1.29 is 54.8 Å².